The quantitative estimate of drug-likeness (QED) is 0.658. The number of nitro benzene ring substituents is 1. The maximum absolute atomic E-state index is 11.5. The molecule has 1 aromatic carbocycles. The van der Waals surface area contributed by atoms with Gasteiger partial charge < -0.3 is 19.3 Å². The number of aryl methyl sites for hydroxylation is 2. The molecule has 3 rings (SSSR count). The van der Waals surface area contributed by atoms with Crippen LogP contribution in [-0.4, -0.2) is 46.9 Å². The first-order valence-electron chi connectivity index (χ1n) is 8.21. The number of nitrogens with zero attached hydrogens (tertiary/aromatic N) is 3. The predicted octanol–water partition coefficient (Wildman–Crippen LogP) is 2.25. The van der Waals surface area contributed by atoms with Crippen LogP contribution in [0.1, 0.15) is 17.7 Å². The van der Waals surface area contributed by atoms with Crippen molar-refractivity contribution in [2.24, 2.45) is 7.05 Å². The van der Waals surface area contributed by atoms with Crippen molar-refractivity contribution >= 4 is 28.2 Å². The summed E-state index contributed by atoms with van der Waals surface area (Å²) in [6, 6.07) is 3.31. The smallest absolute Gasteiger partial charge is 0.303 e. The Labute approximate surface area is 144 Å². The van der Waals surface area contributed by atoms with Crippen LogP contribution in [0.5, 0.6) is 0 Å². The van der Waals surface area contributed by atoms with E-state index < -0.39 is 5.97 Å². The second-order valence-electron chi connectivity index (χ2n) is 6.20. The van der Waals surface area contributed by atoms with E-state index in [1.165, 1.54) is 6.07 Å². The van der Waals surface area contributed by atoms with E-state index in [0.717, 1.165) is 22.3 Å². The molecule has 25 heavy (non-hydrogen) atoms. The van der Waals surface area contributed by atoms with E-state index in [1.54, 1.807) is 17.7 Å². The molecule has 2 heterocycles. The number of fused-ring (bicyclic) bond motifs is 1. The first-order valence-corrected chi connectivity index (χ1v) is 8.21. The Hall–Kier alpha value is -2.61. The van der Waals surface area contributed by atoms with Crippen LogP contribution in [0.3, 0.4) is 0 Å². The highest BCUT2D eigenvalue weighted by atomic mass is 16.6. The lowest BCUT2D eigenvalue weighted by Crippen LogP contribution is -2.36. The van der Waals surface area contributed by atoms with Gasteiger partial charge in [-0.2, -0.15) is 0 Å². The van der Waals surface area contributed by atoms with Gasteiger partial charge in [-0.1, -0.05) is 0 Å². The highest BCUT2D eigenvalue weighted by molar-refractivity contribution is 6.02. The molecule has 1 fully saturated rings. The lowest BCUT2D eigenvalue weighted by atomic mass is 10.0. The van der Waals surface area contributed by atoms with Crippen molar-refractivity contribution in [1.82, 2.24) is 4.57 Å². The zero-order valence-corrected chi connectivity index (χ0v) is 14.3. The average Bonchev–Trinajstić information content (AvgIpc) is 2.84. The van der Waals surface area contributed by atoms with Gasteiger partial charge in [0.25, 0.3) is 5.69 Å². The van der Waals surface area contributed by atoms with E-state index in [-0.39, 0.29) is 17.0 Å². The van der Waals surface area contributed by atoms with E-state index in [2.05, 4.69) is 4.90 Å². The summed E-state index contributed by atoms with van der Waals surface area (Å²) in [6.45, 7) is 4.51. The summed E-state index contributed by atoms with van der Waals surface area (Å²) in [5.41, 5.74) is 3.23. The third-order valence-corrected chi connectivity index (χ3v) is 4.85. The Morgan fingerprint density at radius 1 is 1.36 bits per heavy atom. The molecule has 0 saturated carbocycles. The van der Waals surface area contributed by atoms with Crippen LogP contribution in [0, 0.1) is 17.0 Å². The maximum atomic E-state index is 11.5. The molecule has 0 bridgehead atoms. The molecule has 134 valence electrons. The molecule has 0 radical (unpaired) electrons. The van der Waals surface area contributed by atoms with Gasteiger partial charge in [0.1, 0.15) is 5.52 Å². The van der Waals surface area contributed by atoms with E-state index in [4.69, 9.17) is 9.84 Å². The van der Waals surface area contributed by atoms with Crippen LogP contribution < -0.4 is 4.90 Å². The van der Waals surface area contributed by atoms with Gasteiger partial charge in [-0.05, 0) is 25.0 Å². The first kappa shape index (κ1) is 17.2. The molecule has 1 N–H and O–H groups in total. The summed E-state index contributed by atoms with van der Waals surface area (Å²) in [6.07, 6.45) is 0.336. The van der Waals surface area contributed by atoms with E-state index in [0.29, 0.717) is 38.2 Å². The summed E-state index contributed by atoms with van der Waals surface area (Å²) >= 11 is 0. The molecule has 2 aromatic rings. The number of carbonyl (C=O) groups is 1. The number of hydrogen-bond donors (Lipinski definition) is 1. The van der Waals surface area contributed by atoms with Crippen LogP contribution in [0.2, 0.25) is 0 Å². The molecule has 1 aliphatic rings. The minimum Gasteiger partial charge on any atom is -0.481 e. The third-order valence-electron chi connectivity index (χ3n) is 4.85. The third kappa shape index (κ3) is 3.05. The molecule has 8 heteroatoms. The number of morpholine rings is 1. The lowest BCUT2D eigenvalue weighted by molar-refractivity contribution is -0.383. The van der Waals surface area contributed by atoms with Gasteiger partial charge in [-0.25, -0.2) is 0 Å². The van der Waals surface area contributed by atoms with Gasteiger partial charge >= 0.3 is 5.97 Å². The molecular weight excluding hydrogens is 326 g/mol. The molecule has 1 saturated heterocycles. The summed E-state index contributed by atoms with van der Waals surface area (Å²) in [5, 5.41) is 21.4. The SMILES string of the molecule is Cc1c(CCC(=O)O)c2c(N3CCOCC3)ccc([N+](=O)[O-])c2n1C. The van der Waals surface area contributed by atoms with Crippen molar-refractivity contribution in [3.63, 3.8) is 0 Å². The van der Waals surface area contributed by atoms with Gasteiger partial charge in [0.15, 0.2) is 0 Å². The zero-order chi connectivity index (χ0) is 18.1. The monoisotopic (exact) mass is 347 g/mol. The summed E-state index contributed by atoms with van der Waals surface area (Å²) in [4.78, 5) is 24.3. The summed E-state index contributed by atoms with van der Waals surface area (Å²) in [5.74, 6) is -0.880. The Kier molecular flexibility index (Phi) is 4.63. The van der Waals surface area contributed by atoms with E-state index in [1.807, 2.05) is 6.92 Å². The molecule has 0 unspecified atom stereocenters. The number of nitro groups is 1. The summed E-state index contributed by atoms with van der Waals surface area (Å²) in [7, 11) is 1.79. The number of carboxylic acids is 1. The number of aromatic nitrogens is 1. The number of ether oxygens (including phenoxy) is 1. The Balaban J connectivity index is 2.25. The Morgan fingerprint density at radius 2 is 2.04 bits per heavy atom. The number of aliphatic carboxylic acids is 1. The van der Waals surface area contributed by atoms with E-state index in [9.17, 15) is 14.9 Å². The van der Waals surface area contributed by atoms with Crippen LogP contribution >= 0.6 is 0 Å². The van der Waals surface area contributed by atoms with E-state index >= 15 is 0 Å². The minimum atomic E-state index is -0.880. The van der Waals surface area contributed by atoms with Gasteiger partial charge in [0.05, 0.1) is 18.1 Å². The number of carboxylic acid groups (broad SMARTS) is 1. The topological polar surface area (TPSA) is 97.8 Å². The second kappa shape index (κ2) is 6.72. The molecule has 0 spiro atoms. The summed E-state index contributed by atoms with van der Waals surface area (Å²) < 4.78 is 7.20. The maximum Gasteiger partial charge on any atom is 0.303 e. The number of anilines is 1. The van der Waals surface area contributed by atoms with Crippen molar-refractivity contribution in [3.05, 3.63) is 33.5 Å². The van der Waals surface area contributed by atoms with Crippen molar-refractivity contribution in [2.45, 2.75) is 19.8 Å². The second-order valence-corrected chi connectivity index (χ2v) is 6.20. The number of non-ortho nitro benzene ring substituents is 1. The van der Waals surface area contributed by atoms with Gasteiger partial charge in [-0.3, -0.25) is 14.9 Å². The van der Waals surface area contributed by atoms with Gasteiger partial charge in [-0.15, -0.1) is 0 Å². The lowest BCUT2D eigenvalue weighted by Gasteiger charge is -2.29. The van der Waals surface area contributed by atoms with Crippen LogP contribution in [0.25, 0.3) is 10.9 Å². The standard InChI is InChI=1S/C17H21N3O5/c1-11-12(3-6-15(21)22)16-13(19-7-9-25-10-8-19)4-5-14(20(23)24)17(16)18(11)2/h4-5H,3,6-10H2,1-2H3,(H,21,22). The zero-order valence-electron chi connectivity index (χ0n) is 14.3. The first-order chi connectivity index (χ1) is 11.9. The molecule has 0 atom stereocenters. The normalized spacial score (nSPS) is 14.9. The molecular formula is C17H21N3O5. The Bertz CT molecular complexity index is 837. The highest BCUT2D eigenvalue weighted by Gasteiger charge is 2.26. The fourth-order valence-electron chi connectivity index (χ4n) is 3.51. The molecule has 0 aliphatic carbocycles. The number of hydrogen-bond acceptors (Lipinski definition) is 5. The number of benzene rings is 1. The largest absolute Gasteiger partial charge is 0.481 e. The predicted molar refractivity (Wildman–Crippen MR) is 93.3 cm³/mol. The van der Waals surface area contributed by atoms with Gasteiger partial charge in [0, 0.05) is 49.4 Å². The molecule has 0 amide bonds. The van der Waals surface area contributed by atoms with Crippen molar-refractivity contribution in [1.29, 1.82) is 0 Å². The van der Waals surface area contributed by atoms with Crippen molar-refractivity contribution in [3.8, 4) is 0 Å². The van der Waals surface area contributed by atoms with Crippen LogP contribution in [-0.2, 0) is 23.0 Å². The van der Waals surface area contributed by atoms with Crippen LogP contribution in [0.15, 0.2) is 12.1 Å². The fourth-order valence-corrected chi connectivity index (χ4v) is 3.51. The number of rotatable bonds is 5. The highest BCUT2D eigenvalue weighted by Crippen LogP contribution is 2.39. The van der Waals surface area contributed by atoms with Crippen molar-refractivity contribution < 1.29 is 19.6 Å². The average molecular weight is 347 g/mol. The molecule has 8 nitrogen and oxygen atoms in total. The fraction of sp³-hybridized carbons (Fsp3) is 0.471. The molecule has 1 aromatic heterocycles. The molecule has 1 aliphatic heterocycles. The Morgan fingerprint density at radius 3 is 2.64 bits per heavy atom. The van der Waals surface area contributed by atoms with Crippen molar-refractivity contribution in [2.75, 3.05) is 31.2 Å². The minimum absolute atomic E-state index is 0.00873. The van der Waals surface area contributed by atoms with Gasteiger partial charge in [0.2, 0.25) is 0 Å². The van der Waals surface area contributed by atoms with Crippen LogP contribution in [0.4, 0.5) is 11.4 Å².